The zero-order valence-corrected chi connectivity index (χ0v) is 12.9. The summed E-state index contributed by atoms with van der Waals surface area (Å²) in [5, 5.41) is 9.51. The summed E-state index contributed by atoms with van der Waals surface area (Å²) in [5.74, 6) is 0.585. The van der Waals surface area contributed by atoms with Crippen LogP contribution in [0.5, 0.6) is 0 Å². The number of hydrogen-bond donors (Lipinski definition) is 1. The molecule has 0 spiro atoms. The summed E-state index contributed by atoms with van der Waals surface area (Å²) < 4.78 is 1.06. The molecule has 104 valence electrons. The first-order valence-electron chi connectivity index (χ1n) is 6.97. The Labute approximate surface area is 128 Å². The number of nitrogens with zero attached hydrogens (tertiary/aromatic N) is 1. The molecule has 0 bridgehead atoms. The van der Waals surface area contributed by atoms with Gasteiger partial charge >= 0.3 is 0 Å². The van der Waals surface area contributed by atoms with Gasteiger partial charge in [0.25, 0.3) is 0 Å². The van der Waals surface area contributed by atoms with Crippen molar-refractivity contribution in [1.82, 2.24) is 0 Å². The highest BCUT2D eigenvalue weighted by Gasteiger charge is 2.25. The molecule has 1 aliphatic heterocycles. The van der Waals surface area contributed by atoms with E-state index in [9.17, 15) is 5.11 Å². The quantitative estimate of drug-likeness (QED) is 0.920. The summed E-state index contributed by atoms with van der Waals surface area (Å²) >= 11 is 3.52. The molecule has 1 N–H and O–H groups in total. The lowest BCUT2D eigenvalue weighted by atomic mass is 9.99. The van der Waals surface area contributed by atoms with Gasteiger partial charge in [-0.1, -0.05) is 52.3 Å². The predicted molar refractivity (Wildman–Crippen MR) is 86.1 cm³/mol. The maximum atomic E-state index is 9.51. The molecule has 3 heteroatoms. The van der Waals surface area contributed by atoms with Gasteiger partial charge in [-0.05, 0) is 24.1 Å². The summed E-state index contributed by atoms with van der Waals surface area (Å²) in [7, 11) is 0. The van der Waals surface area contributed by atoms with Gasteiger partial charge < -0.3 is 10.0 Å². The van der Waals surface area contributed by atoms with Gasteiger partial charge in [0.1, 0.15) is 0 Å². The second-order valence-corrected chi connectivity index (χ2v) is 6.19. The number of aliphatic hydroxyl groups excluding tert-OH is 1. The molecule has 0 radical (unpaired) electrons. The fraction of sp³-hybridized carbons (Fsp3) is 0.294. The van der Waals surface area contributed by atoms with Gasteiger partial charge in [0.15, 0.2) is 0 Å². The molecule has 1 atom stereocenters. The van der Waals surface area contributed by atoms with Crippen LogP contribution in [0.25, 0.3) is 0 Å². The largest absolute Gasteiger partial charge is 0.392 e. The van der Waals surface area contributed by atoms with E-state index in [2.05, 4.69) is 57.2 Å². The van der Waals surface area contributed by atoms with E-state index in [1.807, 2.05) is 12.1 Å². The Kier molecular flexibility index (Phi) is 4.08. The fourth-order valence-electron chi connectivity index (χ4n) is 2.94. The summed E-state index contributed by atoms with van der Waals surface area (Å²) in [6, 6.07) is 16.8. The highest BCUT2D eigenvalue weighted by molar-refractivity contribution is 9.10. The van der Waals surface area contributed by atoms with Gasteiger partial charge in [-0.2, -0.15) is 0 Å². The lowest BCUT2D eigenvalue weighted by Gasteiger charge is -2.22. The van der Waals surface area contributed by atoms with Crippen LogP contribution in [0.1, 0.15) is 23.5 Å². The molecule has 1 fully saturated rings. The van der Waals surface area contributed by atoms with Crippen molar-refractivity contribution in [2.45, 2.75) is 18.9 Å². The first-order valence-corrected chi connectivity index (χ1v) is 7.76. The minimum Gasteiger partial charge on any atom is -0.392 e. The van der Waals surface area contributed by atoms with E-state index in [-0.39, 0.29) is 6.61 Å². The molecule has 1 heterocycles. The summed E-state index contributed by atoms with van der Waals surface area (Å²) in [6.07, 6.45) is 1.17. The Hall–Kier alpha value is -1.32. The van der Waals surface area contributed by atoms with Crippen LogP contribution < -0.4 is 4.90 Å². The van der Waals surface area contributed by atoms with Crippen LogP contribution in [0.3, 0.4) is 0 Å². The molecule has 0 aromatic heterocycles. The number of aliphatic hydroxyl groups is 1. The van der Waals surface area contributed by atoms with E-state index >= 15 is 0 Å². The van der Waals surface area contributed by atoms with E-state index in [1.54, 1.807) is 0 Å². The van der Waals surface area contributed by atoms with E-state index in [0.29, 0.717) is 5.92 Å². The van der Waals surface area contributed by atoms with Crippen molar-refractivity contribution in [1.29, 1.82) is 0 Å². The Balaban J connectivity index is 1.82. The topological polar surface area (TPSA) is 23.5 Å². The van der Waals surface area contributed by atoms with Crippen LogP contribution in [0, 0.1) is 0 Å². The molecule has 2 nitrogen and oxygen atoms in total. The zero-order chi connectivity index (χ0) is 13.9. The highest BCUT2D eigenvalue weighted by atomic mass is 79.9. The Morgan fingerprint density at radius 1 is 1.15 bits per heavy atom. The molecule has 0 saturated carbocycles. The van der Waals surface area contributed by atoms with Crippen molar-refractivity contribution >= 4 is 21.6 Å². The van der Waals surface area contributed by atoms with Crippen LogP contribution in [-0.2, 0) is 6.61 Å². The maximum absolute atomic E-state index is 9.51. The zero-order valence-electron chi connectivity index (χ0n) is 11.3. The maximum Gasteiger partial charge on any atom is 0.0702 e. The average molecular weight is 332 g/mol. The van der Waals surface area contributed by atoms with E-state index in [4.69, 9.17) is 0 Å². The summed E-state index contributed by atoms with van der Waals surface area (Å²) in [5.41, 5.74) is 3.57. The highest BCUT2D eigenvalue weighted by Crippen LogP contribution is 2.33. The second kappa shape index (κ2) is 5.98. The third-order valence-corrected chi connectivity index (χ3v) is 4.51. The minimum atomic E-state index is 0.0924. The van der Waals surface area contributed by atoms with Crippen molar-refractivity contribution in [3.8, 4) is 0 Å². The monoisotopic (exact) mass is 331 g/mol. The molecule has 0 aliphatic carbocycles. The number of halogens is 1. The molecule has 2 aromatic carbocycles. The Bertz CT molecular complexity index is 585. The number of anilines is 1. The van der Waals surface area contributed by atoms with Crippen molar-refractivity contribution < 1.29 is 5.11 Å². The molecule has 1 aliphatic rings. The van der Waals surface area contributed by atoms with Crippen molar-refractivity contribution in [2.24, 2.45) is 0 Å². The van der Waals surface area contributed by atoms with Gasteiger partial charge in [-0.25, -0.2) is 0 Å². The number of rotatable bonds is 3. The smallest absolute Gasteiger partial charge is 0.0702 e. The molecule has 20 heavy (non-hydrogen) atoms. The minimum absolute atomic E-state index is 0.0924. The van der Waals surface area contributed by atoms with E-state index in [1.165, 1.54) is 12.0 Å². The fourth-order valence-corrected chi connectivity index (χ4v) is 3.29. The van der Waals surface area contributed by atoms with Gasteiger partial charge in [-0.3, -0.25) is 0 Å². The van der Waals surface area contributed by atoms with Crippen molar-refractivity contribution in [3.63, 3.8) is 0 Å². The van der Waals surface area contributed by atoms with Crippen molar-refractivity contribution in [2.75, 3.05) is 18.0 Å². The van der Waals surface area contributed by atoms with Gasteiger partial charge in [0.2, 0.25) is 0 Å². The Morgan fingerprint density at radius 2 is 1.95 bits per heavy atom. The third kappa shape index (κ3) is 2.74. The van der Waals surface area contributed by atoms with Gasteiger partial charge in [-0.15, -0.1) is 0 Å². The van der Waals surface area contributed by atoms with Gasteiger partial charge in [0, 0.05) is 34.7 Å². The summed E-state index contributed by atoms with van der Waals surface area (Å²) in [4.78, 5) is 2.38. The second-order valence-electron chi connectivity index (χ2n) is 5.27. The molecule has 2 aromatic rings. The van der Waals surface area contributed by atoms with Crippen molar-refractivity contribution in [3.05, 3.63) is 64.1 Å². The summed E-state index contributed by atoms with van der Waals surface area (Å²) in [6.45, 7) is 2.16. The van der Waals surface area contributed by atoms with Crippen LogP contribution in [0.2, 0.25) is 0 Å². The van der Waals surface area contributed by atoms with Crippen LogP contribution in [0.15, 0.2) is 53.0 Å². The number of hydrogen-bond acceptors (Lipinski definition) is 2. The predicted octanol–water partition coefficient (Wildman–Crippen LogP) is 3.94. The normalized spacial score (nSPS) is 18.5. The lowest BCUT2D eigenvalue weighted by Crippen LogP contribution is -2.20. The molecular formula is C17H18BrNO. The lowest BCUT2D eigenvalue weighted by molar-refractivity contribution is 0.282. The first kappa shape index (κ1) is 13.7. The van der Waals surface area contributed by atoms with E-state index in [0.717, 1.165) is 28.8 Å². The van der Waals surface area contributed by atoms with Gasteiger partial charge in [0.05, 0.1) is 6.61 Å². The molecular weight excluding hydrogens is 314 g/mol. The standard InChI is InChI=1S/C17H18BrNO/c18-16-7-6-15(12-20)17(10-16)19-9-8-14(11-19)13-4-2-1-3-5-13/h1-7,10,14,20H,8-9,11-12H2. The molecule has 3 rings (SSSR count). The molecule has 1 saturated heterocycles. The average Bonchev–Trinajstić information content (AvgIpc) is 2.98. The molecule has 0 amide bonds. The molecule has 1 unspecified atom stereocenters. The SMILES string of the molecule is OCc1ccc(Br)cc1N1CCC(c2ccccc2)C1. The van der Waals surface area contributed by atoms with Crippen LogP contribution in [-0.4, -0.2) is 18.2 Å². The Morgan fingerprint density at radius 3 is 2.70 bits per heavy atom. The third-order valence-electron chi connectivity index (χ3n) is 4.02. The van der Waals surface area contributed by atoms with Crippen LogP contribution >= 0.6 is 15.9 Å². The first-order chi connectivity index (χ1) is 9.78. The van der Waals surface area contributed by atoms with Crippen LogP contribution in [0.4, 0.5) is 5.69 Å². The number of benzene rings is 2. The van der Waals surface area contributed by atoms with E-state index < -0.39 is 0 Å².